The third-order valence-electron chi connectivity index (χ3n) is 1.90. The normalized spacial score (nSPS) is 11.8. The highest BCUT2D eigenvalue weighted by Gasteiger charge is 2.17. The molecule has 0 fully saturated rings. The molecule has 1 aromatic rings. The molecule has 0 amide bonds. The highest BCUT2D eigenvalue weighted by Crippen LogP contribution is 2.21. The van der Waals surface area contributed by atoms with Crippen molar-refractivity contribution in [2.75, 3.05) is 6.61 Å². The maximum absolute atomic E-state index is 13.5. The Morgan fingerprint density at radius 3 is 2.53 bits per heavy atom. The second-order valence-corrected chi connectivity index (χ2v) is 5.52. The van der Waals surface area contributed by atoms with Gasteiger partial charge >= 0.3 is 0 Å². The van der Waals surface area contributed by atoms with Crippen LogP contribution in [0.2, 0.25) is 0 Å². The summed E-state index contributed by atoms with van der Waals surface area (Å²) in [7, 11) is -3.66. The summed E-state index contributed by atoms with van der Waals surface area (Å²) in [5, 5.41) is 0. The highest BCUT2D eigenvalue weighted by molar-refractivity contribution is 7.89. The highest BCUT2D eigenvalue weighted by atomic mass is 32.2. The smallest absolute Gasteiger partial charge is 0.240 e. The minimum absolute atomic E-state index is 0.0518. The number of hydrogen-bond donors (Lipinski definition) is 1. The van der Waals surface area contributed by atoms with Gasteiger partial charge in [0.05, 0.1) is 11.5 Å². The zero-order valence-electron chi connectivity index (χ0n) is 10.0. The predicted molar refractivity (Wildman–Crippen MR) is 63.0 cm³/mol. The van der Waals surface area contributed by atoms with Crippen LogP contribution in [0.4, 0.5) is 4.39 Å². The van der Waals surface area contributed by atoms with Crippen molar-refractivity contribution in [3.05, 3.63) is 24.0 Å². The minimum Gasteiger partial charge on any atom is -0.491 e. The standard InChI is InChI=1S/C11H16FNO3S/c1-4-16-11-6-5-9(7-10(11)12)17(14,15)13-8(2)3/h5-8,13H,4H2,1-3H3. The van der Waals surface area contributed by atoms with Crippen LogP contribution < -0.4 is 9.46 Å². The molecule has 0 saturated heterocycles. The molecule has 0 aliphatic carbocycles. The SMILES string of the molecule is CCOc1ccc(S(=O)(=O)NC(C)C)cc1F. The quantitative estimate of drug-likeness (QED) is 0.881. The molecule has 0 saturated carbocycles. The fourth-order valence-corrected chi connectivity index (χ4v) is 2.56. The largest absolute Gasteiger partial charge is 0.491 e. The lowest BCUT2D eigenvalue weighted by Gasteiger charge is -2.10. The molecule has 0 aliphatic heterocycles. The Morgan fingerprint density at radius 2 is 2.06 bits per heavy atom. The predicted octanol–water partition coefficient (Wildman–Crippen LogP) is 1.91. The van der Waals surface area contributed by atoms with Gasteiger partial charge in [0.25, 0.3) is 0 Å². The summed E-state index contributed by atoms with van der Waals surface area (Å²) < 4.78 is 44.4. The van der Waals surface area contributed by atoms with Crippen molar-refractivity contribution in [2.24, 2.45) is 0 Å². The summed E-state index contributed by atoms with van der Waals surface area (Å²) in [5.41, 5.74) is 0. The van der Waals surface area contributed by atoms with Crippen LogP contribution in [-0.4, -0.2) is 21.1 Å². The van der Waals surface area contributed by atoms with Crippen molar-refractivity contribution in [1.82, 2.24) is 4.72 Å². The van der Waals surface area contributed by atoms with Crippen molar-refractivity contribution in [1.29, 1.82) is 0 Å². The maximum Gasteiger partial charge on any atom is 0.240 e. The molecule has 0 bridgehead atoms. The summed E-state index contributed by atoms with van der Waals surface area (Å²) in [4.78, 5) is -0.104. The molecular formula is C11H16FNO3S. The Morgan fingerprint density at radius 1 is 1.41 bits per heavy atom. The van der Waals surface area contributed by atoms with Crippen molar-refractivity contribution in [2.45, 2.75) is 31.7 Å². The van der Waals surface area contributed by atoms with Crippen molar-refractivity contribution in [3.63, 3.8) is 0 Å². The molecule has 0 radical (unpaired) electrons. The van der Waals surface area contributed by atoms with Gasteiger partial charge in [-0.2, -0.15) is 0 Å². The van der Waals surface area contributed by atoms with E-state index in [4.69, 9.17) is 4.74 Å². The van der Waals surface area contributed by atoms with Crippen LogP contribution in [0.25, 0.3) is 0 Å². The molecule has 0 unspecified atom stereocenters. The van der Waals surface area contributed by atoms with Crippen molar-refractivity contribution >= 4 is 10.0 Å². The fourth-order valence-electron chi connectivity index (χ4n) is 1.30. The summed E-state index contributed by atoms with van der Waals surface area (Å²) in [6, 6.07) is 3.34. The molecule has 0 aliphatic rings. The van der Waals surface area contributed by atoms with Gasteiger partial charge in [-0.3, -0.25) is 0 Å². The first-order valence-electron chi connectivity index (χ1n) is 5.31. The third kappa shape index (κ3) is 3.67. The Kier molecular flexibility index (Phi) is 4.47. The molecule has 1 rings (SSSR count). The van der Waals surface area contributed by atoms with E-state index in [0.29, 0.717) is 6.61 Å². The van der Waals surface area contributed by atoms with Crippen LogP contribution in [0.1, 0.15) is 20.8 Å². The molecule has 0 aromatic heterocycles. The van der Waals surface area contributed by atoms with Crippen molar-refractivity contribution < 1.29 is 17.5 Å². The van der Waals surface area contributed by atoms with E-state index in [9.17, 15) is 12.8 Å². The molecule has 0 atom stereocenters. The molecular weight excluding hydrogens is 245 g/mol. The average molecular weight is 261 g/mol. The van der Waals surface area contributed by atoms with Gasteiger partial charge in [-0.25, -0.2) is 17.5 Å². The van der Waals surface area contributed by atoms with Gasteiger partial charge < -0.3 is 4.74 Å². The Labute approximate surface area is 101 Å². The number of halogens is 1. The van der Waals surface area contributed by atoms with E-state index < -0.39 is 15.8 Å². The molecule has 0 spiro atoms. The van der Waals surface area contributed by atoms with E-state index in [1.54, 1.807) is 20.8 Å². The van der Waals surface area contributed by atoms with Crippen LogP contribution in [-0.2, 0) is 10.0 Å². The second-order valence-electron chi connectivity index (χ2n) is 3.80. The zero-order valence-corrected chi connectivity index (χ0v) is 10.8. The van der Waals surface area contributed by atoms with Gasteiger partial charge in [-0.05, 0) is 39.0 Å². The molecule has 1 N–H and O–H groups in total. The van der Waals surface area contributed by atoms with Crippen LogP contribution in [0.5, 0.6) is 5.75 Å². The molecule has 17 heavy (non-hydrogen) atoms. The summed E-state index contributed by atoms with van der Waals surface area (Å²) in [5.74, 6) is -0.630. The van der Waals surface area contributed by atoms with E-state index in [1.807, 2.05) is 0 Å². The fraction of sp³-hybridized carbons (Fsp3) is 0.455. The first-order chi connectivity index (χ1) is 7.86. The maximum atomic E-state index is 13.5. The summed E-state index contributed by atoms with van der Waals surface area (Å²) in [6.07, 6.45) is 0. The molecule has 0 heterocycles. The lowest BCUT2D eigenvalue weighted by molar-refractivity contribution is 0.321. The van der Waals surface area contributed by atoms with Crippen LogP contribution in [0.15, 0.2) is 23.1 Å². The zero-order chi connectivity index (χ0) is 13.1. The lowest BCUT2D eigenvalue weighted by Crippen LogP contribution is -2.30. The number of sulfonamides is 1. The molecule has 1 aromatic carbocycles. The van der Waals surface area contributed by atoms with Gasteiger partial charge in [0.1, 0.15) is 0 Å². The van der Waals surface area contributed by atoms with Crippen LogP contribution >= 0.6 is 0 Å². The van der Waals surface area contributed by atoms with E-state index in [1.165, 1.54) is 12.1 Å². The van der Waals surface area contributed by atoms with Gasteiger partial charge in [0.2, 0.25) is 10.0 Å². The summed E-state index contributed by atoms with van der Waals surface area (Å²) >= 11 is 0. The number of rotatable bonds is 5. The second kappa shape index (κ2) is 5.46. The minimum atomic E-state index is -3.66. The first-order valence-corrected chi connectivity index (χ1v) is 6.80. The number of benzene rings is 1. The van der Waals surface area contributed by atoms with E-state index in [0.717, 1.165) is 6.07 Å². The Bertz CT molecular complexity index is 485. The summed E-state index contributed by atoms with van der Waals surface area (Å²) in [6.45, 7) is 5.45. The molecule has 4 nitrogen and oxygen atoms in total. The molecule has 96 valence electrons. The van der Waals surface area contributed by atoms with E-state index >= 15 is 0 Å². The average Bonchev–Trinajstić information content (AvgIpc) is 2.19. The monoisotopic (exact) mass is 261 g/mol. The van der Waals surface area contributed by atoms with Crippen molar-refractivity contribution in [3.8, 4) is 5.75 Å². The van der Waals surface area contributed by atoms with Gasteiger partial charge in [0.15, 0.2) is 11.6 Å². The van der Waals surface area contributed by atoms with Gasteiger partial charge in [-0.1, -0.05) is 0 Å². The number of hydrogen-bond acceptors (Lipinski definition) is 3. The Balaban J connectivity index is 3.05. The topological polar surface area (TPSA) is 55.4 Å². The molecule has 6 heteroatoms. The number of nitrogens with one attached hydrogen (secondary N) is 1. The van der Waals surface area contributed by atoms with E-state index in [-0.39, 0.29) is 16.7 Å². The van der Waals surface area contributed by atoms with Gasteiger partial charge in [-0.15, -0.1) is 0 Å². The number of ether oxygens (including phenoxy) is 1. The van der Waals surface area contributed by atoms with E-state index in [2.05, 4.69) is 4.72 Å². The Hall–Kier alpha value is -1.14. The first kappa shape index (κ1) is 13.9. The lowest BCUT2D eigenvalue weighted by atomic mass is 10.3. The van der Waals surface area contributed by atoms with Crippen LogP contribution in [0, 0.1) is 5.82 Å². The van der Waals surface area contributed by atoms with Crippen LogP contribution in [0.3, 0.4) is 0 Å². The third-order valence-corrected chi connectivity index (χ3v) is 3.56. The van der Waals surface area contributed by atoms with Gasteiger partial charge in [0, 0.05) is 6.04 Å².